The molecule has 2 aromatic carbocycles. The van der Waals surface area contributed by atoms with Crippen molar-refractivity contribution >= 4 is 45.1 Å². The van der Waals surface area contributed by atoms with Gasteiger partial charge in [0.15, 0.2) is 16.8 Å². The van der Waals surface area contributed by atoms with Crippen molar-refractivity contribution in [3.05, 3.63) is 53.7 Å². The van der Waals surface area contributed by atoms with E-state index in [4.69, 9.17) is 17.3 Å². The van der Waals surface area contributed by atoms with Crippen molar-refractivity contribution in [2.75, 3.05) is 10.5 Å². The van der Waals surface area contributed by atoms with Gasteiger partial charge in [0.1, 0.15) is 5.52 Å². The molecule has 3 aromatic rings. The molecule has 3 rings (SSSR count). The van der Waals surface area contributed by atoms with Crippen molar-refractivity contribution in [1.29, 1.82) is 0 Å². The fraction of sp³-hybridized carbons (Fsp3) is 0. The number of nitrogens with two attached hydrogens (primary N) is 1. The number of hydrogen-bond donors (Lipinski definition) is 2. The van der Waals surface area contributed by atoms with E-state index in [2.05, 4.69) is 14.7 Å². The lowest BCUT2D eigenvalue weighted by Crippen LogP contribution is -2.06. The summed E-state index contributed by atoms with van der Waals surface area (Å²) >= 11 is 6.03. The first-order valence-corrected chi connectivity index (χ1v) is 7.61. The summed E-state index contributed by atoms with van der Waals surface area (Å²) in [4.78, 5) is 9.18. The van der Waals surface area contributed by atoms with Gasteiger partial charge < -0.3 is 5.73 Å². The Bertz CT molecular complexity index is 823. The topological polar surface area (TPSA) is 80.9 Å². The summed E-state index contributed by atoms with van der Waals surface area (Å²) in [6, 6.07) is 12.1. The smallest absolute Gasteiger partial charge is 0.157 e. The van der Waals surface area contributed by atoms with E-state index in [-0.39, 0.29) is 0 Å². The zero-order valence-electron chi connectivity index (χ0n) is 10.8. The van der Waals surface area contributed by atoms with E-state index in [9.17, 15) is 4.21 Å². The Hall–Kier alpha value is -2.18. The van der Waals surface area contributed by atoms with E-state index >= 15 is 0 Å². The Morgan fingerprint density at radius 2 is 1.90 bits per heavy atom. The number of nitrogens with zero attached hydrogens (tertiary/aromatic N) is 2. The number of benzene rings is 2. The van der Waals surface area contributed by atoms with Crippen LogP contribution in [0.4, 0.5) is 11.5 Å². The minimum absolute atomic E-state index is 0.417. The third-order valence-corrected chi connectivity index (χ3v) is 4.21. The predicted molar refractivity (Wildman–Crippen MR) is 85.4 cm³/mol. The molecule has 21 heavy (non-hydrogen) atoms. The third kappa shape index (κ3) is 2.96. The predicted octanol–water partition coefficient (Wildman–Crippen LogP) is 3.00. The normalized spacial score (nSPS) is 12.2. The molecule has 0 spiro atoms. The van der Waals surface area contributed by atoms with Crippen LogP contribution in [-0.4, -0.2) is 14.2 Å². The number of para-hydroxylation sites is 1. The van der Waals surface area contributed by atoms with Gasteiger partial charge in [-0.3, -0.25) is 4.72 Å². The van der Waals surface area contributed by atoms with Crippen LogP contribution in [0.1, 0.15) is 0 Å². The van der Waals surface area contributed by atoms with Crippen LogP contribution in [0.2, 0.25) is 5.02 Å². The van der Waals surface area contributed by atoms with Crippen molar-refractivity contribution in [2.24, 2.45) is 0 Å². The number of nitrogens with one attached hydrogen (secondary N) is 1. The van der Waals surface area contributed by atoms with E-state index in [1.807, 2.05) is 0 Å². The molecule has 1 unspecified atom stereocenters. The molecule has 5 nitrogen and oxygen atoms in total. The van der Waals surface area contributed by atoms with Gasteiger partial charge in [-0.2, -0.15) is 0 Å². The van der Waals surface area contributed by atoms with Crippen LogP contribution in [0, 0.1) is 0 Å². The van der Waals surface area contributed by atoms with Crippen molar-refractivity contribution in [3.8, 4) is 0 Å². The van der Waals surface area contributed by atoms with Gasteiger partial charge >= 0.3 is 0 Å². The monoisotopic (exact) mass is 318 g/mol. The van der Waals surface area contributed by atoms with E-state index in [0.717, 1.165) is 0 Å². The second-order valence-corrected chi connectivity index (χ2v) is 5.92. The molecule has 3 N–H and O–H groups in total. The summed E-state index contributed by atoms with van der Waals surface area (Å²) in [6.45, 7) is 0. The molecular weight excluding hydrogens is 308 g/mol. The van der Waals surface area contributed by atoms with Crippen molar-refractivity contribution in [1.82, 2.24) is 9.97 Å². The average molecular weight is 319 g/mol. The van der Waals surface area contributed by atoms with Gasteiger partial charge in [-0.1, -0.05) is 17.7 Å². The molecule has 1 aromatic heterocycles. The molecule has 0 fully saturated rings. The summed E-state index contributed by atoms with van der Waals surface area (Å²) in [5.41, 5.74) is 7.48. The lowest BCUT2D eigenvalue weighted by molar-refractivity contribution is 0.686. The van der Waals surface area contributed by atoms with Gasteiger partial charge in [-0.05, 0) is 36.4 Å². The van der Waals surface area contributed by atoms with Crippen LogP contribution in [0.15, 0.2) is 53.6 Å². The first-order chi connectivity index (χ1) is 10.1. The standard InChI is InChI=1S/C14H11ClN4OS/c15-11-2-1-3-12-14(11)17-8-13(18-12)19-21(20)10-6-4-9(16)5-7-10/h1-8H,16H2,(H,18,19). The molecule has 0 aliphatic heterocycles. The molecule has 0 aliphatic carbocycles. The molecule has 106 valence electrons. The maximum atomic E-state index is 12.2. The number of fused-ring (bicyclic) bond motifs is 1. The number of halogens is 1. The highest BCUT2D eigenvalue weighted by atomic mass is 35.5. The summed E-state index contributed by atoms with van der Waals surface area (Å²) in [7, 11) is -1.43. The van der Waals surface area contributed by atoms with E-state index < -0.39 is 11.0 Å². The molecule has 0 aliphatic rings. The van der Waals surface area contributed by atoms with Gasteiger partial charge in [-0.15, -0.1) is 0 Å². The minimum atomic E-state index is -1.43. The fourth-order valence-electron chi connectivity index (χ4n) is 1.80. The van der Waals surface area contributed by atoms with Crippen LogP contribution in [-0.2, 0) is 11.0 Å². The fourth-order valence-corrected chi connectivity index (χ4v) is 2.81. The van der Waals surface area contributed by atoms with Crippen LogP contribution in [0.25, 0.3) is 11.0 Å². The SMILES string of the molecule is Nc1ccc(S(=O)Nc2cnc3c(Cl)cccc3n2)cc1. The summed E-state index contributed by atoms with van der Waals surface area (Å²) < 4.78 is 15.0. The molecule has 0 saturated heterocycles. The number of hydrogen-bond acceptors (Lipinski definition) is 4. The first-order valence-electron chi connectivity index (χ1n) is 6.09. The van der Waals surface area contributed by atoms with Gasteiger partial charge in [0, 0.05) is 5.69 Å². The number of anilines is 2. The largest absolute Gasteiger partial charge is 0.399 e. The second-order valence-electron chi connectivity index (χ2n) is 4.30. The van der Waals surface area contributed by atoms with Gasteiger partial charge in [0.2, 0.25) is 0 Å². The zero-order chi connectivity index (χ0) is 14.8. The van der Waals surface area contributed by atoms with Crippen LogP contribution >= 0.6 is 11.6 Å². The Morgan fingerprint density at radius 1 is 1.14 bits per heavy atom. The summed E-state index contributed by atoms with van der Waals surface area (Å²) in [5.74, 6) is 0.417. The lowest BCUT2D eigenvalue weighted by Gasteiger charge is -2.06. The van der Waals surface area contributed by atoms with Crippen LogP contribution < -0.4 is 10.5 Å². The van der Waals surface area contributed by atoms with Crippen LogP contribution in [0.5, 0.6) is 0 Å². The van der Waals surface area contributed by atoms with Gasteiger partial charge in [-0.25, -0.2) is 14.2 Å². The van der Waals surface area contributed by atoms with E-state index in [1.165, 1.54) is 6.20 Å². The summed E-state index contributed by atoms with van der Waals surface area (Å²) in [5, 5.41) is 0.534. The number of nitrogen functional groups attached to an aromatic ring is 1. The van der Waals surface area contributed by atoms with Gasteiger partial charge in [0.25, 0.3) is 0 Å². The number of aromatic nitrogens is 2. The molecule has 1 heterocycles. The molecule has 0 amide bonds. The summed E-state index contributed by atoms with van der Waals surface area (Å²) in [6.07, 6.45) is 1.50. The number of rotatable bonds is 3. The van der Waals surface area contributed by atoms with E-state index in [1.54, 1.807) is 42.5 Å². The average Bonchev–Trinajstić information content (AvgIpc) is 2.48. The Morgan fingerprint density at radius 3 is 2.67 bits per heavy atom. The highest BCUT2D eigenvalue weighted by molar-refractivity contribution is 7.86. The Kier molecular flexibility index (Phi) is 3.72. The molecule has 7 heteroatoms. The molecular formula is C14H11ClN4OS. The highest BCUT2D eigenvalue weighted by Gasteiger charge is 2.07. The highest BCUT2D eigenvalue weighted by Crippen LogP contribution is 2.21. The molecule has 0 bridgehead atoms. The van der Waals surface area contributed by atoms with Crippen molar-refractivity contribution < 1.29 is 4.21 Å². The maximum absolute atomic E-state index is 12.2. The van der Waals surface area contributed by atoms with Crippen LogP contribution in [0.3, 0.4) is 0 Å². The quantitative estimate of drug-likeness (QED) is 0.727. The third-order valence-electron chi connectivity index (χ3n) is 2.81. The zero-order valence-corrected chi connectivity index (χ0v) is 12.4. The minimum Gasteiger partial charge on any atom is -0.399 e. The van der Waals surface area contributed by atoms with Gasteiger partial charge in [0.05, 0.1) is 21.6 Å². The van der Waals surface area contributed by atoms with E-state index in [0.29, 0.717) is 32.5 Å². The lowest BCUT2D eigenvalue weighted by atomic mass is 10.3. The molecule has 1 atom stereocenters. The first kappa shape index (κ1) is 13.8. The van der Waals surface area contributed by atoms with Crippen molar-refractivity contribution in [3.63, 3.8) is 0 Å². The molecule has 0 radical (unpaired) electrons. The Balaban J connectivity index is 1.88. The second kappa shape index (κ2) is 5.67. The van der Waals surface area contributed by atoms with Crippen molar-refractivity contribution in [2.45, 2.75) is 4.90 Å². The molecule has 0 saturated carbocycles. The maximum Gasteiger partial charge on any atom is 0.157 e. The Labute approximate surface area is 128 Å².